The molecule has 0 unspecified atom stereocenters. The molecular weight excluding hydrogens is 404 g/mol. The number of rotatable bonds is 7. The van der Waals surface area contributed by atoms with Crippen LogP contribution in [0.5, 0.6) is 11.5 Å². The molecule has 3 rings (SSSR count). The van der Waals surface area contributed by atoms with Crippen molar-refractivity contribution in [3.05, 3.63) is 42.5 Å². The van der Waals surface area contributed by atoms with E-state index in [2.05, 4.69) is 11.6 Å². The second kappa shape index (κ2) is 8.55. The predicted molar refractivity (Wildman–Crippen MR) is 117 cm³/mol. The summed E-state index contributed by atoms with van der Waals surface area (Å²) in [7, 11) is -3.84. The number of carbonyl (C=O) groups excluding carboxylic acids is 1. The van der Waals surface area contributed by atoms with E-state index in [9.17, 15) is 13.2 Å². The number of sulfonamides is 1. The third kappa shape index (κ3) is 5.05. The first-order valence-electron chi connectivity index (χ1n) is 9.98. The highest BCUT2D eigenvalue weighted by Gasteiger charge is 2.34. The first kappa shape index (κ1) is 22.0. The molecule has 1 N–H and O–H groups in total. The minimum absolute atomic E-state index is 0.0547. The van der Waals surface area contributed by atoms with Crippen LogP contribution in [0.4, 0.5) is 11.4 Å². The minimum Gasteiger partial charge on any atom is -0.494 e. The van der Waals surface area contributed by atoms with Crippen LogP contribution >= 0.6 is 0 Å². The summed E-state index contributed by atoms with van der Waals surface area (Å²) in [6, 6.07) is 11.3. The number of ether oxygens (including phenoxy) is 2. The third-order valence-corrected chi connectivity index (χ3v) is 6.09. The second-order valence-electron chi connectivity index (χ2n) is 7.93. The molecule has 1 aliphatic heterocycles. The van der Waals surface area contributed by atoms with Crippen molar-refractivity contribution >= 4 is 27.3 Å². The zero-order chi connectivity index (χ0) is 21.9. The molecule has 0 radical (unpaired) electrons. The summed E-state index contributed by atoms with van der Waals surface area (Å²) in [4.78, 5) is 13.7. The van der Waals surface area contributed by atoms with Crippen molar-refractivity contribution in [1.29, 1.82) is 0 Å². The Bertz CT molecular complexity index is 1020. The Kier molecular flexibility index (Phi) is 6.26. The molecule has 0 atom stereocenters. The molecule has 0 aromatic heterocycles. The summed E-state index contributed by atoms with van der Waals surface area (Å²) < 4.78 is 39.9. The highest BCUT2D eigenvalue weighted by molar-refractivity contribution is 7.92. The van der Waals surface area contributed by atoms with Crippen LogP contribution in [-0.2, 0) is 14.8 Å². The Labute approximate surface area is 178 Å². The summed E-state index contributed by atoms with van der Waals surface area (Å²) in [6.45, 7) is 8.27. The Morgan fingerprint density at radius 1 is 1.20 bits per heavy atom. The normalized spacial score (nSPS) is 15.1. The zero-order valence-electron chi connectivity index (χ0n) is 17.8. The molecule has 162 valence electrons. The van der Waals surface area contributed by atoms with Gasteiger partial charge in [-0.25, -0.2) is 8.42 Å². The minimum atomic E-state index is -3.84. The third-order valence-electron chi connectivity index (χ3n) is 4.71. The molecule has 1 aliphatic rings. The maximum absolute atomic E-state index is 12.9. The summed E-state index contributed by atoms with van der Waals surface area (Å²) in [5.74, 6) is 1.000. The number of nitrogens with zero attached hydrogens (tertiary/aromatic N) is 1. The van der Waals surface area contributed by atoms with Gasteiger partial charge in [0.2, 0.25) is 5.91 Å². The summed E-state index contributed by atoms with van der Waals surface area (Å²) in [5.41, 5.74) is 0.318. The lowest BCUT2D eigenvalue weighted by molar-refractivity contribution is -0.117. The lowest BCUT2D eigenvalue weighted by Gasteiger charge is -2.39. The average molecular weight is 433 g/mol. The van der Waals surface area contributed by atoms with Gasteiger partial charge in [-0.3, -0.25) is 9.52 Å². The zero-order valence-corrected chi connectivity index (χ0v) is 18.6. The molecule has 0 bridgehead atoms. The average Bonchev–Trinajstić information content (AvgIpc) is 2.67. The van der Waals surface area contributed by atoms with Gasteiger partial charge in [0.25, 0.3) is 10.0 Å². The molecule has 1 amide bonds. The fourth-order valence-electron chi connectivity index (χ4n) is 3.21. The smallest absolute Gasteiger partial charge is 0.261 e. The van der Waals surface area contributed by atoms with E-state index >= 15 is 0 Å². The van der Waals surface area contributed by atoms with Crippen molar-refractivity contribution < 1.29 is 22.7 Å². The van der Waals surface area contributed by atoms with Gasteiger partial charge in [0.1, 0.15) is 17.1 Å². The highest BCUT2D eigenvalue weighted by atomic mass is 32.2. The maximum Gasteiger partial charge on any atom is 0.261 e. The molecule has 30 heavy (non-hydrogen) atoms. The molecule has 0 aliphatic carbocycles. The van der Waals surface area contributed by atoms with Crippen LogP contribution in [0.3, 0.4) is 0 Å². The number of fused-ring (bicyclic) bond motifs is 1. The van der Waals surface area contributed by atoms with E-state index in [0.29, 0.717) is 36.0 Å². The molecule has 0 saturated carbocycles. The Morgan fingerprint density at radius 3 is 2.53 bits per heavy atom. The van der Waals surface area contributed by atoms with Crippen molar-refractivity contribution in [2.75, 3.05) is 22.8 Å². The number of benzene rings is 2. The van der Waals surface area contributed by atoms with E-state index in [-0.39, 0.29) is 10.8 Å². The topological polar surface area (TPSA) is 84.9 Å². The Balaban J connectivity index is 1.82. The number of nitrogens with one attached hydrogen (secondary N) is 1. The lowest BCUT2D eigenvalue weighted by Crippen LogP contribution is -2.48. The largest absolute Gasteiger partial charge is 0.494 e. The molecule has 7 nitrogen and oxygen atoms in total. The monoisotopic (exact) mass is 432 g/mol. The second-order valence-corrected chi connectivity index (χ2v) is 9.61. The van der Waals surface area contributed by atoms with E-state index in [1.165, 1.54) is 19.1 Å². The standard InChI is InChI=1S/C22H28N2O5S/c1-5-6-13-28-18-9-7-17(8-10-18)23-30(26,27)19-11-12-21-20(14-19)24(16(2)25)15-22(3,4)29-21/h7-12,14,23H,5-6,13,15H2,1-4H3. The Morgan fingerprint density at radius 2 is 1.90 bits per heavy atom. The summed E-state index contributed by atoms with van der Waals surface area (Å²) in [5, 5.41) is 0. The summed E-state index contributed by atoms with van der Waals surface area (Å²) in [6.07, 6.45) is 2.01. The quantitative estimate of drug-likeness (QED) is 0.663. The number of hydrogen-bond acceptors (Lipinski definition) is 5. The van der Waals surface area contributed by atoms with E-state index in [4.69, 9.17) is 9.47 Å². The number of amides is 1. The molecule has 2 aromatic carbocycles. The van der Waals surface area contributed by atoms with Crippen LogP contribution in [0.25, 0.3) is 0 Å². The van der Waals surface area contributed by atoms with E-state index in [1.54, 1.807) is 35.2 Å². The molecule has 8 heteroatoms. The fourth-order valence-corrected chi connectivity index (χ4v) is 4.28. The molecule has 2 aromatic rings. The maximum atomic E-state index is 12.9. The first-order valence-corrected chi connectivity index (χ1v) is 11.5. The number of anilines is 2. The van der Waals surface area contributed by atoms with E-state index in [0.717, 1.165) is 12.8 Å². The fraction of sp³-hybridized carbons (Fsp3) is 0.409. The van der Waals surface area contributed by atoms with Crippen molar-refractivity contribution in [1.82, 2.24) is 0 Å². The van der Waals surface area contributed by atoms with Gasteiger partial charge in [0.15, 0.2) is 0 Å². The van der Waals surface area contributed by atoms with Crippen LogP contribution in [0.15, 0.2) is 47.4 Å². The van der Waals surface area contributed by atoms with E-state index < -0.39 is 15.6 Å². The highest BCUT2D eigenvalue weighted by Crippen LogP contribution is 2.38. The summed E-state index contributed by atoms with van der Waals surface area (Å²) >= 11 is 0. The van der Waals surface area contributed by atoms with Crippen molar-refractivity contribution in [2.24, 2.45) is 0 Å². The Hall–Kier alpha value is -2.74. The molecule has 1 heterocycles. The van der Waals surface area contributed by atoms with Gasteiger partial charge in [0, 0.05) is 12.6 Å². The van der Waals surface area contributed by atoms with Crippen LogP contribution in [-0.4, -0.2) is 33.1 Å². The number of unbranched alkanes of at least 4 members (excludes halogenated alkanes) is 1. The van der Waals surface area contributed by atoms with Crippen molar-refractivity contribution in [2.45, 2.75) is 51.0 Å². The van der Waals surface area contributed by atoms with Gasteiger partial charge in [-0.1, -0.05) is 13.3 Å². The number of carbonyl (C=O) groups is 1. The van der Waals surface area contributed by atoms with Gasteiger partial charge >= 0.3 is 0 Å². The number of hydrogen-bond donors (Lipinski definition) is 1. The van der Waals surface area contributed by atoms with Crippen LogP contribution in [0.1, 0.15) is 40.5 Å². The van der Waals surface area contributed by atoms with Gasteiger partial charge in [-0.15, -0.1) is 0 Å². The molecular formula is C22H28N2O5S. The van der Waals surface area contributed by atoms with Crippen LogP contribution in [0.2, 0.25) is 0 Å². The molecule has 0 fully saturated rings. The predicted octanol–water partition coefficient (Wildman–Crippen LogP) is 4.19. The van der Waals surface area contributed by atoms with Crippen molar-refractivity contribution in [3.8, 4) is 11.5 Å². The lowest BCUT2D eigenvalue weighted by atomic mass is 10.1. The SMILES string of the molecule is CCCCOc1ccc(NS(=O)(=O)c2ccc3c(c2)N(C(C)=O)CC(C)(C)O3)cc1. The first-order chi connectivity index (χ1) is 14.1. The van der Waals surface area contributed by atoms with Gasteiger partial charge in [-0.2, -0.15) is 0 Å². The van der Waals surface area contributed by atoms with E-state index in [1.807, 2.05) is 13.8 Å². The molecule has 0 spiro atoms. The van der Waals surface area contributed by atoms with Crippen molar-refractivity contribution in [3.63, 3.8) is 0 Å². The van der Waals surface area contributed by atoms with Crippen LogP contribution < -0.4 is 19.1 Å². The van der Waals surface area contributed by atoms with Crippen LogP contribution in [0, 0.1) is 0 Å². The van der Waals surface area contributed by atoms with Gasteiger partial charge < -0.3 is 14.4 Å². The van der Waals surface area contributed by atoms with Gasteiger partial charge in [-0.05, 0) is 62.7 Å². The molecule has 0 saturated heterocycles. The van der Waals surface area contributed by atoms with Gasteiger partial charge in [0.05, 0.1) is 23.7 Å².